The van der Waals surface area contributed by atoms with E-state index in [9.17, 15) is 18.0 Å². The third kappa shape index (κ3) is 3.15. The predicted molar refractivity (Wildman–Crippen MR) is 66.2 cm³/mol. The molecule has 19 heavy (non-hydrogen) atoms. The van der Waals surface area contributed by atoms with Gasteiger partial charge in [0.25, 0.3) is 0 Å². The van der Waals surface area contributed by atoms with Gasteiger partial charge in [-0.3, -0.25) is 4.79 Å². The summed E-state index contributed by atoms with van der Waals surface area (Å²) in [5.41, 5.74) is -1.20. The average Bonchev–Trinajstić information content (AvgIpc) is 2.35. The summed E-state index contributed by atoms with van der Waals surface area (Å²) in [4.78, 5) is 12.3. The Morgan fingerprint density at radius 1 is 1.32 bits per heavy atom. The van der Waals surface area contributed by atoms with Gasteiger partial charge in [0.1, 0.15) is 5.60 Å². The van der Waals surface area contributed by atoms with Gasteiger partial charge in [-0.25, -0.2) is 0 Å². The number of carbonyl (C=O) groups excluding carboxylic acids is 1. The Hall–Kier alpha value is -1.36. The van der Waals surface area contributed by atoms with Crippen LogP contribution in [0.25, 0.3) is 0 Å². The molecule has 0 bridgehead atoms. The van der Waals surface area contributed by atoms with Crippen LogP contribution < -0.4 is 0 Å². The van der Waals surface area contributed by atoms with Crippen LogP contribution in [0.4, 0.5) is 13.2 Å². The van der Waals surface area contributed by atoms with Gasteiger partial charge in [0, 0.05) is 12.7 Å². The molecule has 0 aliphatic heterocycles. The number of benzene rings is 1. The van der Waals surface area contributed by atoms with Gasteiger partial charge in [-0.1, -0.05) is 13.0 Å². The predicted octanol–water partition coefficient (Wildman–Crippen LogP) is 4.01. The molecule has 0 radical (unpaired) electrons. The molecule has 0 heterocycles. The summed E-state index contributed by atoms with van der Waals surface area (Å²) in [6.45, 7) is 4.92. The van der Waals surface area contributed by atoms with Crippen LogP contribution in [0.15, 0.2) is 18.2 Å². The van der Waals surface area contributed by atoms with Gasteiger partial charge in [-0.05, 0) is 38.0 Å². The largest absolute Gasteiger partial charge is 0.416 e. The molecule has 0 aliphatic carbocycles. The number of rotatable bonds is 4. The van der Waals surface area contributed by atoms with Crippen molar-refractivity contribution in [3.63, 3.8) is 0 Å². The van der Waals surface area contributed by atoms with Crippen LogP contribution >= 0.6 is 0 Å². The summed E-state index contributed by atoms with van der Waals surface area (Å²) in [5.74, 6) is -0.302. The average molecular weight is 274 g/mol. The molecule has 0 saturated carbocycles. The second kappa shape index (κ2) is 5.33. The first-order valence-corrected chi connectivity index (χ1v) is 5.93. The van der Waals surface area contributed by atoms with Gasteiger partial charge in [0.05, 0.1) is 5.56 Å². The zero-order chi connectivity index (χ0) is 14.8. The van der Waals surface area contributed by atoms with Gasteiger partial charge in [-0.2, -0.15) is 13.2 Å². The maximum absolute atomic E-state index is 12.6. The second-order valence-electron chi connectivity index (χ2n) is 4.65. The fourth-order valence-corrected chi connectivity index (χ4v) is 1.78. The normalized spacial score (nSPS) is 15.1. The van der Waals surface area contributed by atoms with Crippen molar-refractivity contribution < 1.29 is 22.7 Å². The molecule has 0 amide bonds. The topological polar surface area (TPSA) is 26.3 Å². The third-order valence-corrected chi connectivity index (χ3v) is 3.40. The summed E-state index contributed by atoms with van der Waals surface area (Å²) < 4.78 is 42.9. The summed E-state index contributed by atoms with van der Waals surface area (Å²) in [6.07, 6.45) is -3.95. The van der Waals surface area contributed by atoms with E-state index in [1.54, 1.807) is 13.8 Å². The van der Waals surface area contributed by atoms with E-state index >= 15 is 0 Å². The lowest BCUT2D eigenvalue weighted by molar-refractivity contribution is -0.137. The van der Waals surface area contributed by atoms with Crippen molar-refractivity contribution in [2.75, 3.05) is 7.11 Å². The Balaban J connectivity index is 3.21. The van der Waals surface area contributed by atoms with E-state index in [0.29, 0.717) is 12.0 Å². The van der Waals surface area contributed by atoms with E-state index in [1.165, 1.54) is 20.1 Å². The minimum Gasteiger partial charge on any atom is -0.370 e. The van der Waals surface area contributed by atoms with Crippen LogP contribution in [0.5, 0.6) is 0 Å². The second-order valence-corrected chi connectivity index (χ2v) is 4.65. The number of aryl methyl sites for hydroxylation is 1. The number of ketones is 1. The Morgan fingerprint density at radius 3 is 2.26 bits per heavy atom. The first-order chi connectivity index (χ1) is 8.65. The number of carbonyl (C=O) groups is 1. The van der Waals surface area contributed by atoms with Gasteiger partial charge < -0.3 is 4.74 Å². The molecule has 1 rings (SSSR count). The van der Waals surface area contributed by atoms with Crippen LogP contribution in [0.3, 0.4) is 0 Å². The van der Waals surface area contributed by atoms with Crippen molar-refractivity contribution in [2.24, 2.45) is 0 Å². The first-order valence-electron chi connectivity index (χ1n) is 5.93. The standard InChI is InChI=1S/C14H17F3O2/c1-5-13(3,19-4)12(18)11-7-6-10(8-9(11)2)14(15,16)17/h6-8H,5H2,1-4H3. The Labute approximate surface area is 110 Å². The lowest BCUT2D eigenvalue weighted by atomic mass is 9.89. The summed E-state index contributed by atoms with van der Waals surface area (Å²) in [5, 5.41) is 0. The molecule has 1 aromatic carbocycles. The number of halogens is 3. The SMILES string of the molecule is CCC(C)(OC)C(=O)c1ccc(C(F)(F)F)cc1C. The molecule has 2 nitrogen and oxygen atoms in total. The van der Waals surface area contributed by atoms with Crippen molar-refractivity contribution in [2.45, 2.75) is 39.0 Å². The molecule has 5 heteroatoms. The maximum Gasteiger partial charge on any atom is 0.416 e. The van der Waals surface area contributed by atoms with Crippen LogP contribution in [0, 0.1) is 6.92 Å². The molecule has 1 aromatic rings. The quantitative estimate of drug-likeness (QED) is 0.775. The summed E-state index contributed by atoms with van der Waals surface area (Å²) in [6, 6.07) is 3.12. The summed E-state index contributed by atoms with van der Waals surface area (Å²) in [7, 11) is 1.42. The smallest absolute Gasteiger partial charge is 0.370 e. The van der Waals surface area contributed by atoms with Crippen LogP contribution in [0.2, 0.25) is 0 Å². The number of methoxy groups -OCH3 is 1. The molecule has 0 fully saturated rings. The van der Waals surface area contributed by atoms with Crippen molar-refractivity contribution in [3.8, 4) is 0 Å². The van der Waals surface area contributed by atoms with Gasteiger partial charge in [0.2, 0.25) is 0 Å². The molecule has 0 N–H and O–H groups in total. The van der Waals surface area contributed by atoms with Crippen molar-refractivity contribution in [3.05, 3.63) is 34.9 Å². The van der Waals surface area contributed by atoms with E-state index in [4.69, 9.17) is 4.74 Å². The molecular formula is C14H17F3O2. The van der Waals surface area contributed by atoms with Crippen molar-refractivity contribution in [1.82, 2.24) is 0 Å². The monoisotopic (exact) mass is 274 g/mol. The zero-order valence-electron chi connectivity index (χ0n) is 11.4. The van der Waals surface area contributed by atoms with Gasteiger partial charge in [-0.15, -0.1) is 0 Å². The number of hydrogen-bond acceptors (Lipinski definition) is 2. The number of alkyl halides is 3. The van der Waals surface area contributed by atoms with Crippen LogP contribution in [-0.2, 0) is 10.9 Å². The molecule has 0 aliphatic rings. The first kappa shape index (κ1) is 15.7. The molecule has 0 spiro atoms. The lowest BCUT2D eigenvalue weighted by Gasteiger charge is -2.26. The van der Waals surface area contributed by atoms with E-state index in [2.05, 4.69) is 0 Å². The highest BCUT2D eigenvalue weighted by atomic mass is 19.4. The molecule has 1 atom stereocenters. The molecule has 0 saturated heterocycles. The van der Waals surface area contributed by atoms with Gasteiger partial charge in [0.15, 0.2) is 5.78 Å². The molecule has 0 aromatic heterocycles. The summed E-state index contributed by atoms with van der Waals surface area (Å²) >= 11 is 0. The lowest BCUT2D eigenvalue weighted by Crippen LogP contribution is -2.37. The van der Waals surface area contributed by atoms with E-state index in [1.807, 2.05) is 0 Å². The van der Waals surface area contributed by atoms with Crippen molar-refractivity contribution >= 4 is 5.78 Å². The molecule has 1 unspecified atom stereocenters. The van der Waals surface area contributed by atoms with E-state index in [0.717, 1.165) is 12.1 Å². The highest BCUT2D eigenvalue weighted by Gasteiger charge is 2.35. The highest BCUT2D eigenvalue weighted by molar-refractivity contribution is 6.03. The third-order valence-electron chi connectivity index (χ3n) is 3.40. The Morgan fingerprint density at radius 2 is 1.89 bits per heavy atom. The zero-order valence-corrected chi connectivity index (χ0v) is 11.4. The minimum atomic E-state index is -4.40. The fourth-order valence-electron chi connectivity index (χ4n) is 1.78. The van der Waals surface area contributed by atoms with Crippen LogP contribution in [0.1, 0.15) is 41.8 Å². The number of Topliss-reactive ketones (excluding diaryl/α,β-unsaturated/α-hetero) is 1. The minimum absolute atomic E-state index is 0.263. The molecular weight excluding hydrogens is 257 g/mol. The van der Waals surface area contributed by atoms with E-state index < -0.39 is 17.3 Å². The van der Waals surface area contributed by atoms with Crippen molar-refractivity contribution in [1.29, 1.82) is 0 Å². The van der Waals surface area contributed by atoms with Crippen LogP contribution in [-0.4, -0.2) is 18.5 Å². The van der Waals surface area contributed by atoms with Gasteiger partial charge >= 0.3 is 6.18 Å². The molecule has 106 valence electrons. The number of ether oxygens (including phenoxy) is 1. The number of hydrogen-bond donors (Lipinski definition) is 0. The maximum atomic E-state index is 12.6. The Bertz CT molecular complexity index is 474. The fraction of sp³-hybridized carbons (Fsp3) is 0.500. The highest BCUT2D eigenvalue weighted by Crippen LogP contribution is 2.31. The Kier molecular flexibility index (Phi) is 4.40. The van der Waals surface area contributed by atoms with E-state index in [-0.39, 0.29) is 11.3 Å².